The zero-order chi connectivity index (χ0) is 13.4. The second-order valence-corrected chi connectivity index (χ2v) is 4.24. The first-order valence-electron chi connectivity index (χ1n) is 4.15. The summed E-state index contributed by atoms with van der Waals surface area (Å²) in [6.45, 7) is 0. The molecule has 1 atom stereocenters. The molecule has 1 unspecified atom stereocenters. The molecule has 1 nitrogen and oxygen atoms in total. The highest BCUT2D eigenvalue weighted by atomic mass is 79.9. The van der Waals surface area contributed by atoms with Crippen LogP contribution in [0.3, 0.4) is 0 Å². The van der Waals surface area contributed by atoms with Gasteiger partial charge in [-0.3, -0.25) is 0 Å². The Labute approximate surface area is 100 Å². The van der Waals surface area contributed by atoms with Crippen LogP contribution in [0.15, 0.2) is 18.2 Å². The van der Waals surface area contributed by atoms with Gasteiger partial charge in [0.15, 0.2) is 6.10 Å². The van der Waals surface area contributed by atoms with E-state index in [1.165, 1.54) is 0 Å². The molecule has 1 aromatic carbocycles. The Morgan fingerprint density at radius 2 is 1.65 bits per heavy atom. The quantitative estimate of drug-likeness (QED) is 0.647. The predicted molar refractivity (Wildman–Crippen MR) is 50.2 cm³/mol. The van der Waals surface area contributed by atoms with Crippen molar-refractivity contribution in [3.05, 3.63) is 35.1 Å². The smallest absolute Gasteiger partial charge is 0.381 e. The van der Waals surface area contributed by atoms with Crippen molar-refractivity contribution in [2.24, 2.45) is 0 Å². The molecule has 0 amide bonds. The van der Waals surface area contributed by atoms with Gasteiger partial charge in [0.1, 0.15) is 5.82 Å². The lowest BCUT2D eigenvalue weighted by Crippen LogP contribution is -2.19. The van der Waals surface area contributed by atoms with E-state index in [-0.39, 0.29) is 6.07 Å². The molecule has 8 heteroatoms. The molecular formula is C9H5BrF6O. The van der Waals surface area contributed by atoms with Crippen LogP contribution in [0.2, 0.25) is 0 Å². The average molecular weight is 323 g/mol. The van der Waals surface area contributed by atoms with E-state index >= 15 is 0 Å². The number of rotatable bonds is 2. The Hall–Kier alpha value is -0.760. The standard InChI is InChI=1S/C9H5BrF6O/c10-8(12,13)7(17)4-1-2-6(11)5(3-4)9(14,15)16/h1-3,7,17H. The molecule has 1 N–H and O–H groups in total. The molecular weight excluding hydrogens is 318 g/mol. The second-order valence-electron chi connectivity index (χ2n) is 3.18. The minimum atomic E-state index is -5.01. The molecule has 0 bridgehead atoms. The van der Waals surface area contributed by atoms with Crippen LogP contribution in [-0.2, 0) is 6.18 Å². The van der Waals surface area contributed by atoms with Crippen molar-refractivity contribution in [3.8, 4) is 0 Å². The van der Waals surface area contributed by atoms with Gasteiger partial charge in [-0.05, 0) is 33.6 Å². The number of aliphatic hydroxyl groups excluding tert-OH is 1. The van der Waals surface area contributed by atoms with Crippen molar-refractivity contribution in [1.82, 2.24) is 0 Å². The first-order valence-corrected chi connectivity index (χ1v) is 4.94. The Morgan fingerprint density at radius 1 is 1.12 bits per heavy atom. The van der Waals surface area contributed by atoms with Gasteiger partial charge in [-0.25, -0.2) is 4.39 Å². The number of hydrogen-bond donors (Lipinski definition) is 1. The van der Waals surface area contributed by atoms with Crippen molar-refractivity contribution in [3.63, 3.8) is 0 Å². The van der Waals surface area contributed by atoms with Gasteiger partial charge in [-0.2, -0.15) is 22.0 Å². The Balaban J connectivity index is 3.23. The molecule has 1 aromatic rings. The summed E-state index contributed by atoms with van der Waals surface area (Å²) in [6.07, 6.45) is -7.51. The summed E-state index contributed by atoms with van der Waals surface area (Å²) < 4.78 is 74.9. The predicted octanol–water partition coefficient (Wildman–Crippen LogP) is 3.87. The van der Waals surface area contributed by atoms with Crippen molar-refractivity contribution in [2.45, 2.75) is 17.1 Å². The van der Waals surface area contributed by atoms with Gasteiger partial charge in [0.05, 0.1) is 5.56 Å². The van der Waals surface area contributed by atoms with Gasteiger partial charge >= 0.3 is 11.0 Å². The molecule has 0 aromatic heterocycles. The van der Waals surface area contributed by atoms with E-state index in [0.717, 1.165) is 0 Å². The molecule has 0 radical (unpaired) electrons. The first-order chi connectivity index (χ1) is 7.53. The fraction of sp³-hybridized carbons (Fsp3) is 0.333. The van der Waals surface area contributed by atoms with Crippen LogP contribution in [0.5, 0.6) is 0 Å². The largest absolute Gasteiger partial charge is 0.419 e. The molecule has 1 rings (SSSR count). The van der Waals surface area contributed by atoms with Crippen molar-refractivity contribution < 1.29 is 31.4 Å². The Bertz CT molecular complexity index is 411. The molecule has 96 valence electrons. The number of halogens is 7. The topological polar surface area (TPSA) is 20.2 Å². The van der Waals surface area contributed by atoms with Gasteiger partial charge in [-0.15, -0.1) is 0 Å². The Kier molecular flexibility index (Phi) is 3.78. The molecule has 0 saturated heterocycles. The van der Waals surface area contributed by atoms with Crippen molar-refractivity contribution >= 4 is 15.9 Å². The summed E-state index contributed by atoms with van der Waals surface area (Å²) in [5.41, 5.74) is -2.44. The number of benzene rings is 1. The van der Waals surface area contributed by atoms with E-state index in [1.54, 1.807) is 0 Å². The van der Waals surface area contributed by atoms with Gasteiger partial charge in [0.2, 0.25) is 0 Å². The maximum absolute atomic E-state index is 12.8. The van der Waals surface area contributed by atoms with Crippen molar-refractivity contribution in [1.29, 1.82) is 0 Å². The van der Waals surface area contributed by atoms with E-state index in [9.17, 15) is 26.3 Å². The highest BCUT2D eigenvalue weighted by Crippen LogP contribution is 2.39. The van der Waals surface area contributed by atoms with E-state index in [2.05, 4.69) is 0 Å². The molecule has 0 saturated carbocycles. The van der Waals surface area contributed by atoms with Crippen LogP contribution in [0, 0.1) is 5.82 Å². The van der Waals surface area contributed by atoms with Gasteiger partial charge in [0, 0.05) is 0 Å². The Morgan fingerprint density at radius 3 is 2.06 bits per heavy atom. The van der Waals surface area contributed by atoms with Gasteiger partial charge < -0.3 is 5.11 Å². The molecule has 17 heavy (non-hydrogen) atoms. The minimum Gasteiger partial charge on any atom is -0.381 e. The van der Waals surface area contributed by atoms with Crippen LogP contribution in [-0.4, -0.2) is 9.94 Å². The molecule has 0 spiro atoms. The first kappa shape index (κ1) is 14.3. The third-order valence-electron chi connectivity index (χ3n) is 1.92. The lowest BCUT2D eigenvalue weighted by molar-refractivity contribution is -0.140. The second kappa shape index (κ2) is 4.49. The lowest BCUT2D eigenvalue weighted by Gasteiger charge is -2.18. The fourth-order valence-corrected chi connectivity index (χ4v) is 1.38. The SMILES string of the molecule is OC(c1ccc(F)c(C(F)(F)F)c1)C(F)(F)Br. The monoisotopic (exact) mass is 322 g/mol. The van der Waals surface area contributed by atoms with Gasteiger partial charge in [0.25, 0.3) is 0 Å². The highest BCUT2D eigenvalue weighted by molar-refractivity contribution is 9.10. The lowest BCUT2D eigenvalue weighted by atomic mass is 10.1. The van der Waals surface area contributed by atoms with E-state index < -0.39 is 34.1 Å². The van der Waals surface area contributed by atoms with E-state index in [4.69, 9.17) is 5.11 Å². The third kappa shape index (κ3) is 3.35. The van der Waals surface area contributed by atoms with E-state index in [1.807, 2.05) is 15.9 Å². The van der Waals surface area contributed by atoms with Crippen LogP contribution >= 0.6 is 15.9 Å². The van der Waals surface area contributed by atoms with Crippen LogP contribution in [0.25, 0.3) is 0 Å². The minimum absolute atomic E-state index is 0.148. The number of aliphatic hydroxyl groups is 1. The van der Waals surface area contributed by atoms with Crippen LogP contribution in [0.4, 0.5) is 26.3 Å². The molecule has 0 aliphatic heterocycles. The number of alkyl halides is 6. The maximum atomic E-state index is 12.8. The zero-order valence-corrected chi connectivity index (χ0v) is 9.49. The van der Waals surface area contributed by atoms with E-state index in [0.29, 0.717) is 12.1 Å². The fourth-order valence-electron chi connectivity index (χ4n) is 1.12. The maximum Gasteiger partial charge on any atom is 0.419 e. The number of hydrogen-bond acceptors (Lipinski definition) is 1. The third-order valence-corrected chi connectivity index (χ3v) is 2.36. The normalized spacial score (nSPS) is 14.8. The summed E-state index contributed by atoms with van der Waals surface area (Å²) >= 11 is 1.82. The summed E-state index contributed by atoms with van der Waals surface area (Å²) in [7, 11) is 0. The van der Waals surface area contributed by atoms with Crippen LogP contribution in [0.1, 0.15) is 17.2 Å². The van der Waals surface area contributed by atoms with Crippen molar-refractivity contribution in [2.75, 3.05) is 0 Å². The summed E-state index contributed by atoms with van der Waals surface area (Å²) in [4.78, 5) is -3.80. The van der Waals surface area contributed by atoms with Gasteiger partial charge in [-0.1, -0.05) is 6.07 Å². The molecule has 0 aliphatic rings. The average Bonchev–Trinajstić information content (AvgIpc) is 2.14. The zero-order valence-electron chi connectivity index (χ0n) is 7.90. The molecule has 0 aliphatic carbocycles. The highest BCUT2D eigenvalue weighted by Gasteiger charge is 2.39. The summed E-state index contributed by atoms with van der Waals surface area (Å²) in [6, 6.07) is 1.18. The summed E-state index contributed by atoms with van der Waals surface area (Å²) in [5.74, 6) is -1.59. The summed E-state index contributed by atoms with van der Waals surface area (Å²) in [5, 5.41) is 9.05. The molecule has 0 heterocycles. The van der Waals surface area contributed by atoms with Crippen LogP contribution < -0.4 is 0 Å². The molecule has 0 fully saturated rings.